The van der Waals surface area contributed by atoms with Crippen LogP contribution in [-0.2, 0) is 23.1 Å². The number of ether oxygens (including phenoxy) is 1. The van der Waals surface area contributed by atoms with E-state index >= 15 is 0 Å². The normalized spacial score (nSPS) is 12.8. The number of hydrogen-bond acceptors (Lipinski definition) is 5. The van der Waals surface area contributed by atoms with Crippen molar-refractivity contribution < 1.29 is 23.1 Å². The van der Waals surface area contributed by atoms with Crippen molar-refractivity contribution in [3.05, 3.63) is 25.3 Å². The largest absolute Gasteiger partial charge is 0.461 e. The number of carbonyl (C=O) groups is 1. The number of hydrogen-bond donors (Lipinski definition) is 0. The smallest absolute Gasteiger partial charge is 0.345 e. The van der Waals surface area contributed by atoms with Crippen LogP contribution in [0.4, 0.5) is 0 Å². The first kappa shape index (κ1) is 17.1. The van der Waals surface area contributed by atoms with E-state index in [2.05, 4.69) is 13.2 Å². The van der Waals surface area contributed by atoms with Gasteiger partial charge in [0.15, 0.2) is 5.66 Å². The summed E-state index contributed by atoms with van der Waals surface area (Å²) in [5.74, 6) is -0.625. The summed E-state index contributed by atoms with van der Waals surface area (Å²) in [7, 11) is -3.52. The van der Waals surface area contributed by atoms with Crippen molar-refractivity contribution in [2.45, 2.75) is 25.9 Å². The van der Waals surface area contributed by atoms with Crippen LogP contribution in [0, 0.1) is 0 Å². The van der Waals surface area contributed by atoms with Crippen LogP contribution in [0.3, 0.4) is 0 Å². The maximum absolute atomic E-state index is 12.5. The van der Waals surface area contributed by atoms with Gasteiger partial charge in [-0.3, -0.25) is 9.36 Å². The van der Waals surface area contributed by atoms with Gasteiger partial charge in [-0.25, -0.2) is 0 Å². The first-order chi connectivity index (χ1) is 8.55. The third-order valence-corrected chi connectivity index (χ3v) is 4.43. The van der Waals surface area contributed by atoms with E-state index in [0.29, 0.717) is 0 Å². The topological polar surface area (TPSA) is 61.8 Å². The van der Waals surface area contributed by atoms with Gasteiger partial charge in [-0.1, -0.05) is 18.7 Å². The molecule has 104 valence electrons. The summed E-state index contributed by atoms with van der Waals surface area (Å²) in [5.41, 5.74) is -0.977. The van der Waals surface area contributed by atoms with E-state index in [1.165, 1.54) is 12.2 Å². The summed E-state index contributed by atoms with van der Waals surface area (Å²) in [6.07, 6.45) is 3.10. The minimum atomic E-state index is -3.52. The molecule has 6 heteroatoms. The number of esters is 1. The highest BCUT2D eigenvalue weighted by molar-refractivity contribution is 7.55. The highest BCUT2D eigenvalue weighted by Crippen LogP contribution is 2.54. The van der Waals surface area contributed by atoms with Gasteiger partial charge in [-0.05, 0) is 20.3 Å². The Labute approximate surface area is 108 Å². The molecule has 0 aromatic carbocycles. The molecule has 0 spiro atoms. The second-order valence-electron chi connectivity index (χ2n) is 3.33. The minimum Gasteiger partial charge on any atom is -0.461 e. The molecule has 0 rings (SSSR count). The Bertz CT molecular complexity index is 316. The standard InChI is InChI=1S/C12H21O5P/c1-5-9-11(12(13)15-10-6-2)18(14,16-7-3)17-8-4/h5-6,11H,1-2,7-10H2,3-4H3. The number of carbonyl (C=O) groups excluding carboxylic acids is 1. The Morgan fingerprint density at radius 2 is 1.78 bits per heavy atom. The zero-order chi connectivity index (χ0) is 14.0. The Hall–Kier alpha value is -0.900. The Balaban J connectivity index is 5.00. The zero-order valence-corrected chi connectivity index (χ0v) is 11.9. The van der Waals surface area contributed by atoms with Gasteiger partial charge >= 0.3 is 13.6 Å². The fourth-order valence-corrected chi connectivity index (χ4v) is 3.22. The summed E-state index contributed by atoms with van der Waals surface area (Å²) in [6, 6.07) is 0. The first-order valence-corrected chi connectivity index (χ1v) is 7.44. The molecule has 0 aromatic rings. The highest BCUT2D eigenvalue weighted by Gasteiger charge is 2.41. The third kappa shape index (κ3) is 5.17. The maximum atomic E-state index is 12.5. The summed E-state index contributed by atoms with van der Waals surface area (Å²) in [4.78, 5) is 11.8. The van der Waals surface area contributed by atoms with Gasteiger partial charge in [0.25, 0.3) is 0 Å². The lowest BCUT2D eigenvalue weighted by molar-refractivity contribution is -0.142. The Morgan fingerprint density at radius 3 is 2.17 bits per heavy atom. The molecule has 0 saturated heterocycles. The van der Waals surface area contributed by atoms with Crippen molar-refractivity contribution in [2.24, 2.45) is 0 Å². The molecule has 1 unspecified atom stereocenters. The summed E-state index contributed by atoms with van der Waals surface area (Å²) in [5, 5.41) is 0. The van der Waals surface area contributed by atoms with E-state index in [1.807, 2.05) is 0 Å². The molecule has 0 radical (unpaired) electrons. The van der Waals surface area contributed by atoms with E-state index in [0.717, 1.165) is 0 Å². The van der Waals surface area contributed by atoms with Crippen LogP contribution < -0.4 is 0 Å². The molecule has 1 atom stereocenters. The van der Waals surface area contributed by atoms with Crippen molar-refractivity contribution in [1.29, 1.82) is 0 Å². The zero-order valence-electron chi connectivity index (χ0n) is 11.0. The molecule has 0 aromatic heterocycles. The molecule has 0 amide bonds. The maximum Gasteiger partial charge on any atom is 0.345 e. The summed E-state index contributed by atoms with van der Waals surface area (Å²) >= 11 is 0. The van der Waals surface area contributed by atoms with Crippen LogP contribution in [0.25, 0.3) is 0 Å². The van der Waals surface area contributed by atoms with Gasteiger partial charge in [0, 0.05) is 0 Å². The van der Waals surface area contributed by atoms with E-state index < -0.39 is 19.2 Å². The lowest BCUT2D eigenvalue weighted by Gasteiger charge is -2.23. The van der Waals surface area contributed by atoms with Gasteiger partial charge in [-0.2, -0.15) is 0 Å². The van der Waals surface area contributed by atoms with Crippen molar-refractivity contribution in [1.82, 2.24) is 0 Å². The molecule has 0 aliphatic carbocycles. The van der Waals surface area contributed by atoms with Gasteiger partial charge in [-0.15, -0.1) is 6.58 Å². The molecule has 0 fully saturated rings. The fourth-order valence-electron chi connectivity index (χ4n) is 1.33. The molecule has 0 aliphatic rings. The van der Waals surface area contributed by atoms with E-state index in [9.17, 15) is 9.36 Å². The predicted molar refractivity (Wildman–Crippen MR) is 70.6 cm³/mol. The molecule has 0 aliphatic heterocycles. The molecule has 0 saturated carbocycles. The molecule has 0 heterocycles. The quantitative estimate of drug-likeness (QED) is 0.349. The average Bonchev–Trinajstić information content (AvgIpc) is 2.33. The monoisotopic (exact) mass is 276 g/mol. The van der Waals surface area contributed by atoms with Crippen LogP contribution >= 0.6 is 7.60 Å². The first-order valence-electron chi connectivity index (χ1n) is 5.82. The van der Waals surface area contributed by atoms with Gasteiger partial charge in [0.1, 0.15) is 6.61 Å². The van der Waals surface area contributed by atoms with Crippen molar-refractivity contribution in [3.63, 3.8) is 0 Å². The number of allylic oxidation sites excluding steroid dienone is 1. The second-order valence-corrected chi connectivity index (χ2v) is 5.55. The van der Waals surface area contributed by atoms with Crippen molar-refractivity contribution >= 4 is 13.6 Å². The van der Waals surface area contributed by atoms with E-state index in [-0.39, 0.29) is 26.2 Å². The lowest BCUT2D eigenvalue weighted by atomic mass is 10.3. The Morgan fingerprint density at radius 1 is 1.22 bits per heavy atom. The molecule has 0 bridgehead atoms. The van der Waals surface area contributed by atoms with Crippen LogP contribution in [-0.4, -0.2) is 31.4 Å². The van der Waals surface area contributed by atoms with Gasteiger partial charge in [0.05, 0.1) is 13.2 Å². The highest BCUT2D eigenvalue weighted by atomic mass is 31.2. The third-order valence-electron chi connectivity index (χ3n) is 2.01. The molecular weight excluding hydrogens is 255 g/mol. The van der Waals surface area contributed by atoms with Crippen LogP contribution in [0.15, 0.2) is 25.3 Å². The van der Waals surface area contributed by atoms with Gasteiger partial charge < -0.3 is 13.8 Å². The van der Waals surface area contributed by atoms with Crippen LogP contribution in [0.2, 0.25) is 0 Å². The summed E-state index contributed by atoms with van der Waals surface area (Å²) in [6.45, 7) is 10.8. The second kappa shape index (κ2) is 9.09. The van der Waals surface area contributed by atoms with Crippen LogP contribution in [0.1, 0.15) is 20.3 Å². The Kier molecular flexibility index (Phi) is 8.63. The minimum absolute atomic E-state index is 0.0602. The average molecular weight is 276 g/mol. The van der Waals surface area contributed by atoms with Crippen molar-refractivity contribution in [3.8, 4) is 0 Å². The molecule has 5 nitrogen and oxygen atoms in total. The summed E-state index contributed by atoms with van der Waals surface area (Å²) < 4.78 is 27.7. The van der Waals surface area contributed by atoms with Crippen molar-refractivity contribution in [2.75, 3.05) is 19.8 Å². The van der Waals surface area contributed by atoms with Gasteiger partial charge in [0.2, 0.25) is 0 Å². The predicted octanol–water partition coefficient (Wildman–Crippen LogP) is 2.93. The van der Waals surface area contributed by atoms with E-state index in [1.54, 1.807) is 13.8 Å². The lowest BCUT2D eigenvalue weighted by Crippen LogP contribution is -2.25. The van der Waals surface area contributed by atoms with E-state index in [4.69, 9.17) is 13.8 Å². The van der Waals surface area contributed by atoms with Crippen LogP contribution in [0.5, 0.6) is 0 Å². The molecule has 0 N–H and O–H groups in total. The molecular formula is C12H21O5P. The molecule has 18 heavy (non-hydrogen) atoms. The fraction of sp³-hybridized carbons (Fsp3) is 0.583. The number of rotatable bonds is 10. The SMILES string of the molecule is C=CCOC(=O)C(CC=C)P(=O)(OCC)OCC.